The van der Waals surface area contributed by atoms with Crippen LogP contribution in [-0.2, 0) is 0 Å². The first-order valence-electron chi connectivity index (χ1n) is 8.21. The van der Waals surface area contributed by atoms with Gasteiger partial charge in [0.15, 0.2) is 0 Å². The lowest BCUT2D eigenvalue weighted by atomic mass is 9.88. The molecular weight excluding hydrogens is 298 g/mol. The Kier molecular flexibility index (Phi) is 3.97. The zero-order valence-electron chi connectivity index (χ0n) is 13.3. The summed E-state index contributed by atoms with van der Waals surface area (Å²) in [5, 5.41) is 8.58. The zero-order chi connectivity index (χ0) is 16.4. The van der Waals surface area contributed by atoms with Gasteiger partial charge in [0.2, 0.25) is 0 Å². The van der Waals surface area contributed by atoms with E-state index >= 15 is 0 Å². The van der Waals surface area contributed by atoms with E-state index in [1.165, 1.54) is 0 Å². The lowest BCUT2D eigenvalue weighted by molar-refractivity contribution is 0.0909. The van der Waals surface area contributed by atoms with E-state index in [1.807, 2.05) is 48.7 Å². The maximum atomic E-state index is 12.8. The van der Waals surface area contributed by atoms with Crippen LogP contribution in [0.4, 0.5) is 0 Å². The van der Waals surface area contributed by atoms with Crippen molar-refractivity contribution in [1.29, 1.82) is 0 Å². The highest BCUT2D eigenvalue weighted by molar-refractivity contribution is 5.98. The number of rotatable bonds is 4. The summed E-state index contributed by atoms with van der Waals surface area (Å²) in [5.41, 5.74) is 1.84. The minimum atomic E-state index is -0.0329. The quantitative estimate of drug-likeness (QED) is 0.778. The lowest BCUT2D eigenvalue weighted by Crippen LogP contribution is -2.50. The highest BCUT2D eigenvalue weighted by atomic mass is 16.1. The predicted octanol–water partition coefficient (Wildman–Crippen LogP) is 2.93. The van der Waals surface area contributed by atoms with Gasteiger partial charge in [-0.15, -0.1) is 0 Å². The Labute approximate surface area is 140 Å². The van der Waals surface area contributed by atoms with Crippen LogP contribution in [0.3, 0.4) is 0 Å². The molecule has 1 atom stereocenters. The summed E-state index contributed by atoms with van der Waals surface area (Å²) < 4.78 is 0. The molecule has 0 radical (unpaired) electrons. The minimum Gasteiger partial charge on any atom is -0.345 e. The van der Waals surface area contributed by atoms with Crippen LogP contribution in [0, 0.1) is 5.92 Å². The standard InChI is InChI=1S/C20H19N3O/c24-20(16-6-7-17-11-21-9-8-15(17)10-16)23-19(18-12-22-13-18)14-4-2-1-3-5-14/h1-11,18-19,22H,12-13H2,(H,23,24). The van der Waals surface area contributed by atoms with Crippen molar-refractivity contribution in [2.24, 2.45) is 5.92 Å². The van der Waals surface area contributed by atoms with Gasteiger partial charge in [-0.1, -0.05) is 36.4 Å². The van der Waals surface area contributed by atoms with E-state index in [1.54, 1.807) is 6.20 Å². The summed E-state index contributed by atoms with van der Waals surface area (Å²) in [5.74, 6) is 0.399. The largest absolute Gasteiger partial charge is 0.345 e. The molecule has 1 aliphatic heterocycles. The third kappa shape index (κ3) is 2.88. The number of hydrogen-bond donors (Lipinski definition) is 2. The lowest BCUT2D eigenvalue weighted by Gasteiger charge is -2.35. The summed E-state index contributed by atoms with van der Waals surface area (Å²) in [7, 11) is 0. The minimum absolute atomic E-state index is 0.0329. The van der Waals surface area contributed by atoms with Crippen molar-refractivity contribution in [2.45, 2.75) is 6.04 Å². The molecule has 120 valence electrons. The van der Waals surface area contributed by atoms with Crippen molar-refractivity contribution in [3.05, 3.63) is 78.1 Å². The molecule has 2 heterocycles. The van der Waals surface area contributed by atoms with Gasteiger partial charge < -0.3 is 10.6 Å². The van der Waals surface area contributed by atoms with Crippen LogP contribution in [0.25, 0.3) is 10.8 Å². The second kappa shape index (κ2) is 6.42. The topological polar surface area (TPSA) is 54.0 Å². The molecule has 4 rings (SSSR count). The number of nitrogens with one attached hydrogen (secondary N) is 2. The fourth-order valence-electron chi connectivity index (χ4n) is 3.13. The fraction of sp³-hybridized carbons (Fsp3) is 0.200. The summed E-state index contributed by atoms with van der Waals surface area (Å²) in [6.45, 7) is 1.87. The van der Waals surface area contributed by atoms with Crippen molar-refractivity contribution >= 4 is 16.7 Å². The summed E-state index contributed by atoms with van der Waals surface area (Å²) in [6.07, 6.45) is 3.56. The van der Waals surface area contributed by atoms with Gasteiger partial charge in [-0.2, -0.15) is 0 Å². The molecule has 1 saturated heterocycles. The molecule has 0 spiro atoms. The number of hydrogen-bond acceptors (Lipinski definition) is 3. The van der Waals surface area contributed by atoms with Gasteiger partial charge in [-0.05, 0) is 29.1 Å². The zero-order valence-corrected chi connectivity index (χ0v) is 13.3. The average Bonchev–Trinajstić information content (AvgIpc) is 2.60. The van der Waals surface area contributed by atoms with Crippen LogP contribution in [0.5, 0.6) is 0 Å². The van der Waals surface area contributed by atoms with Crippen LogP contribution in [0.2, 0.25) is 0 Å². The number of pyridine rings is 1. The van der Waals surface area contributed by atoms with E-state index < -0.39 is 0 Å². The first-order valence-corrected chi connectivity index (χ1v) is 8.21. The van der Waals surface area contributed by atoms with Gasteiger partial charge in [0.25, 0.3) is 5.91 Å². The number of fused-ring (bicyclic) bond motifs is 1. The van der Waals surface area contributed by atoms with Gasteiger partial charge >= 0.3 is 0 Å². The van der Waals surface area contributed by atoms with E-state index in [2.05, 4.69) is 27.8 Å². The van der Waals surface area contributed by atoms with Crippen molar-refractivity contribution in [1.82, 2.24) is 15.6 Å². The van der Waals surface area contributed by atoms with E-state index in [0.29, 0.717) is 11.5 Å². The smallest absolute Gasteiger partial charge is 0.251 e. The monoisotopic (exact) mass is 317 g/mol. The van der Waals surface area contributed by atoms with Gasteiger partial charge in [-0.3, -0.25) is 9.78 Å². The van der Waals surface area contributed by atoms with Crippen LogP contribution in [0.1, 0.15) is 22.0 Å². The molecule has 2 aromatic carbocycles. The molecule has 0 aliphatic carbocycles. The number of carbonyl (C=O) groups excluding carboxylic acids is 1. The molecule has 4 heteroatoms. The molecule has 1 amide bonds. The Morgan fingerprint density at radius 1 is 1.08 bits per heavy atom. The first-order chi connectivity index (χ1) is 11.8. The van der Waals surface area contributed by atoms with Crippen LogP contribution < -0.4 is 10.6 Å². The number of aromatic nitrogens is 1. The first kappa shape index (κ1) is 14.8. The van der Waals surface area contributed by atoms with Crippen molar-refractivity contribution in [3.8, 4) is 0 Å². The second-order valence-corrected chi connectivity index (χ2v) is 6.22. The van der Waals surface area contributed by atoms with Crippen LogP contribution in [0.15, 0.2) is 67.0 Å². The van der Waals surface area contributed by atoms with Crippen LogP contribution in [-0.4, -0.2) is 24.0 Å². The van der Waals surface area contributed by atoms with Crippen molar-refractivity contribution in [3.63, 3.8) is 0 Å². The number of nitrogens with zero attached hydrogens (tertiary/aromatic N) is 1. The number of amides is 1. The maximum absolute atomic E-state index is 12.8. The molecule has 1 unspecified atom stereocenters. The normalized spacial score (nSPS) is 15.7. The SMILES string of the molecule is O=C(NC(c1ccccc1)C1CNC1)c1ccc2cnccc2c1. The van der Waals surface area contributed by atoms with E-state index in [-0.39, 0.29) is 11.9 Å². The Morgan fingerprint density at radius 3 is 2.67 bits per heavy atom. The Morgan fingerprint density at radius 2 is 1.92 bits per heavy atom. The highest BCUT2D eigenvalue weighted by Crippen LogP contribution is 2.26. The summed E-state index contributed by atoms with van der Waals surface area (Å²) in [4.78, 5) is 16.9. The van der Waals surface area contributed by atoms with E-state index in [0.717, 1.165) is 29.4 Å². The fourth-order valence-corrected chi connectivity index (χ4v) is 3.13. The van der Waals surface area contributed by atoms with E-state index in [9.17, 15) is 4.79 Å². The Bertz CT molecular complexity index is 859. The molecule has 24 heavy (non-hydrogen) atoms. The number of benzene rings is 2. The van der Waals surface area contributed by atoms with Crippen LogP contribution >= 0.6 is 0 Å². The summed E-state index contributed by atoms with van der Waals surface area (Å²) >= 11 is 0. The van der Waals surface area contributed by atoms with Crippen molar-refractivity contribution in [2.75, 3.05) is 13.1 Å². The molecule has 0 bridgehead atoms. The molecular formula is C20H19N3O. The van der Waals surface area contributed by atoms with Gasteiger partial charge in [0.1, 0.15) is 0 Å². The predicted molar refractivity (Wildman–Crippen MR) is 94.8 cm³/mol. The maximum Gasteiger partial charge on any atom is 0.251 e. The van der Waals surface area contributed by atoms with Gasteiger partial charge in [0, 0.05) is 42.4 Å². The Hall–Kier alpha value is -2.72. The average molecular weight is 317 g/mol. The molecule has 0 saturated carbocycles. The number of carbonyl (C=O) groups is 1. The highest BCUT2D eigenvalue weighted by Gasteiger charge is 2.29. The van der Waals surface area contributed by atoms with Gasteiger partial charge in [-0.25, -0.2) is 0 Å². The van der Waals surface area contributed by atoms with Crippen molar-refractivity contribution < 1.29 is 4.79 Å². The molecule has 1 aromatic heterocycles. The molecule has 4 nitrogen and oxygen atoms in total. The Balaban J connectivity index is 1.60. The second-order valence-electron chi connectivity index (χ2n) is 6.22. The molecule has 1 aliphatic rings. The molecule has 2 N–H and O–H groups in total. The third-order valence-corrected chi connectivity index (χ3v) is 4.63. The third-order valence-electron chi connectivity index (χ3n) is 4.63. The molecule has 3 aromatic rings. The molecule has 1 fully saturated rings. The summed E-state index contributed by atoms with van der Waals surface area (Å²) in [6, 6.07) is 17.9. The van der Waals surface area contributed by atoms with E-state index in [4.69, 9.17) is 0 Å². The van der Waals surface area contributed by atoms with Gasteiger partial charge in [0.05, 0.1) is 6.04 Å².